The molecule has 0 aromatic rings. The van der Waals surface area contributed by atoms with E-state index in [4.69, 9.17) is 10.2 Å². The Bertz CT molecular complexity index is 1690. The Kier molecular flexibility index (Phi) is 17.1. The first-order chi connectivity index (χ1) is 29.6. The highest BCUT2D eigenvalue weighted by Gasteiger charge is 3.00. The molecule has 0 spiro atoms. The van der Waals surface area contributed by atoms with Gasteiger partial charge in [0.05, 0.1) is 13.2 Å². The summed E-state index contributed by atoms with van der Waals surface area (Å²) in [4.78, 5) is 0. The first kappa shape index (κ1) is 67.7. The van der Waals surface area contributed by atoms with Crippen LogP contribution in [0.15, 0.2) is 0 Å². The molecule has 422 valence electrons. The average Bonchev–Trinajstić information content (AvgIpc) is 3.13. The first-order valence-electron chi connectivity index (χ1n) is 15.1. The van der Waals surface area contributed by atoms with E-state index in [0.717, 1.165) is 0 Å². The SMILES string of the molecule is OCC(SC(F)(F)C(F)(F)C(F)(F)C(F)(F)C(F)(F)C(F)(F)C(F)(F)C(F)(F)C(F)(F)C(F)(F)F)C(CO)SC(F)(F)C(F)(F)C(F)(F)C(F)(F)C(F)(F)C(F)(F)C(F)(F)C(F)(F)C(F)(F)C(F)(F)F. The molecule has 0 aromatic heterocycles. The van der Waals surface area contributed by atoms with Crippen LogP contribution in [-0.2, 0) is 0 Å². The zero-order valence-electron chi connectivity index (χ0n) is 30.2. The largest absolute Gasteiger partial charge is 0.460 e. The van der Waals surface area contributed by atoms with Gasteiger partial charge in [0.15, 0.2) is 0 Å². The van der Waals surface area contributed by atoms with E-state index in [1.807, 2.05) is 0 Å². The van der Waals surface area contributed by atoms with Crippen LogP contribution in [0.3, 0.4) is 0 Å². The molecular weight excluding hydrogens is 1180 g/mol. The lowest BCUT2D eigenvalue weighted by atomic mass is 9.87. The minimum Gasteiger partial charge on any atom is -0.395 e. The summed E-state index contributed by atoms with van der Waals surface area (Å²) in [6.45, 7) is -6.55. The molecule has 2 nitrogen and oxygen atoms in total. The van der Waals surface area contributed by atoms with Crippen LogP contribution >= 0.6 is 23.5 Å². The van der Waals surface area contributed by atoms with E-state index in [2.05, 4.69) is 0 Å². The number of halogens is 42. The Hall–Kier alpha value is -2.32. The minimum absolute atomic E-state index is 3.27. The minimum atomic E-state index is -9.84. The Labute approximate surface area is 360 Å². The molecule has 0 rings (SSSR count). The van der Waals surface area contributed by atoms with Crippen LogP contribution in [0.4, 0.5) is 184 Å². The molecule has 0 bridgehead atoms. The normalized spacial score (nSPS) is 17.8. The molecule has 0 saturated heterocycles. The van der Waals surface area contributed by atoms with Crippen molar-refractivity contribution in [1.29, 1.82) is 0 Å². The molecule has 2 atom stereocenters. The summed E-state index contributed by atoms with van der Waals surface area (Å²) in [5.74, 6) is -152. The Balaban J connectivity index is 7.49. The van der Waals surface area contributed by atoms with Crippen LogP contribution < -0.4 is 0 Å². The molecule has 0 aliphatic rings. The summed E-state index contributed by atoms with van der Waals surface area (Å²) in [7, 11) is 0. The predicted octanol–water partition coefficient (Wildman–Crippen LogP) is 13.6. The highest BCUT2D eigenvalue weighted by Crippen LogP contribution is 2.70. The molecule has 2 N–H and O–H groups in total. The Morgan fingerprint density at radius 1 is 0.200 bits per heavy atom. The van der Waals surface area contributed by atoms with Gasteiger partial charge in [-0.3, -0.25) is 0 Å². The molecule has 0 saturated carbocycles. The van der Waals surface area contributed by atoms with Crippen molar-refractivity contribution in [1.82, 2.24) is 0 Å². The van der Waals surface area contributed by atoms with Gasteiger partial charge in [0.25, 0.3) is 0 Å². The summed E-state index contributed by atoms with van der Waals surface area (Å²) in [6, 6.07) is 0. The summed E-state index contributed by atoms with van der Waals surface area (Å²) in [5, 5.41) is -7.53. The van der Waals surface area contributed by atoms with Gasteiger partial charge in [-0.15, -0.1) is 0 Å². The Morgan fingerprint density at radius 2 is 0.314 bits per heavy atom. The van der Waals surface area contributed by atoms with Gasteiger partial charge in [-0.25, -0.2) is 0 Å². The van der Waals surface area contributed by atoms with Crippen molar-refractivity contribution in [2.24, 2.45) is 0 Å². The zero-order chi connectivity index (χ0) is 58.0. The van der Waals surface area contributed by atoms with Crippen LogP contribution in [0.1, 0.15) is 0 Å². The molecule has 70 heavy (non-hydrogen) atoms. The van der Waals surface area contributed by atoms with Crippen LogP contribution in [0.25, 0.3) is 0 Å². The maximum atomic E-state index is 14.5. The molecular formula is C24H8F42O2S2. The molecule has 46 heteroatoms. The van der Waals surface area contributed by atoms with E-state index in [1.54, 1.807) is 0 Å². The van der Waals surface area contributed by atoms with Crippen LogP contribution in [0.2, 0.25) is 0 Å². The Morgan fingerprint density at radius 3 is 0.429 bits per heavy atom. The molecule has 0 amide bonds. The van der Waals surface area contributed by atoms with Gasteiger partial charge in [0, 0.05) is 10.5 Å². The number of rotatable bonds is 23. The van der Waals surface area contributed by atoms with Crippen LogP contribution in [0, 0.1) is 0 Å². The molecule has 0 aliphatic heterocycles. The molecule has 0 aromatic carbocycles. The third kappa shape index (κ3) is 8.70. The van der Waals surface area contributed by atoms with Crippen molar-refractivity contribution in [3.8, 4) is 0 Å². The standard InChI is InChI=1S/C24H8F42O2S2/c25-5(26,9(33,34)13(41,42)17(49,50)21(57,58)59)7(29,30)11(37,38)15(45,46)19(53,54)23(63,64)69-3(1-67)4(2-68)70-24(65,66)20(55,56)16(47,48)12(39,40)8(31,32)6(27,28)10(35,36)14(43,44)18(51,52)22(60,61)62/h3-4,67-68H,1-2H2. The maximum Gasteiger partial charge on any atom is 0.460 e. The molecule has 0 heterocycles. The van der Waals surface area contributed by atoms with E-state index >= 15 is 0 Å². The number of alkyl halides is 42. The van der Waals surface area contributed by atoms with E-state index in [0.29, 0.717) is 0 Å². The van der Waals surface area contributed by atoms with Crippen molar-refractivity contribution in [2.45, 2.75) is 128 Å². The number of aliphatic hydroxyl groups is 2. The van der Waals surface area contributed by atoms with Crippen LogP contribution in [0.5, 0.6) is 0 Å². The summed E-state index contributed by atoms with van der Waals surface area (Å²) in [5.41, 5.74) is 0. The third-order valence-corrected chi connectivity index (χ3v) is 11.2. The molecule has 0 aliphatic carbocycles. The summed E-state index contributed by atoms with van der Waals surface area (Å²) in [6.07, 6.45) is -16.8. The number of hydrogen-bond donors (Lipinski definition) is 2. The van der Waals surface area contributed by atoms with E-state index in [-0.39, 0.29) is 0 Å². The lowest BCUT2D eigenvalue weighted by molar-refractivity contribution is -0.472. The monoisotopic (exact) mass is 1190 g/mol. The smallest absolute Gasteiger partial charge is 0.395 e. The van der Waals surface area contributed by atoms with Crippen molar-refractivity contribution >= 4 is 23.5 Å². The highest BCUT2D eigenvalue weighted by molar-refractivity contribution is 8.04. The van der Waals surface area contributed by atoms with Gasteiger partial charge in [-0.2, -0.15) is 184 Å². The van der Waals surface area contributed by atoms with Crippen molar-refractivity contribution in [3.05, 3.63) is 0 Å². The summed E-state index contributed by atoms with van der Waals surface area (Å²) >= 11 is -6.67. The second-order valence-electron chi connectivity index (χ2n) is 12.9. The maximum absolute atomic E-state index is 14.5. The van der Waals surface area contributed by atoms with Gasteiger partial charge in [0.2, 0.25) is 0 Å². The molecule has 0 fully saturated rings. The van der Waals surface area contributed by atoms with Gasteiger partial charge >= 0.3 is 118 Å². The quantitative estimate of drug-likeness (QED) is 0.100. The van der Waals surface area contributed by atoms with E-state index in [1.165, 1.54) is 0 Å². The van der Waals surface area contributed by atoms with Gasteiger partial charge in [-0.05, 0) is 0 Å². The van der Waals surface area contributed by atoms with E-state index < -0.39 is 165 Å². The fourth-order valence-corrected chi connectivity index (χ4v) is 6.35. The van der Waals surface area contributed by atoms with Crippen molar-refractivity contribution < 1.29 is 195 Å². The highest BCUT2D eigenvalue weighted by atomic mass is 32.2. The lowest BCUT2D eigenvalue weighted by Gasteiger charge is -2.45. The number of aliphatic hydroxyl groups excluding tert-OH is 2. The predicted molar refractivity (Wildman–Crippen MR) is 138 cm³/mol. The first-order valence-corrected chi connectivity index (χ1v) is 16.9. The number of hydrogen-bond acceptors (Lipinski definition) is 4. The topological polar surface area (TPSA) is 40.5 Å². The fourth-order valence-electron chi connectivity index (χ4n) is 4.08. The molecule has 2 unspecified atom stereocenters. The number of thioether (sulfide) groups is 2. The summed E-state index contributed by atoms with van der Waals surface area (Å²) < 4.78 is 572. The van der Waals surface area contributed by atoms with Gasteiger partial charge in [-0.1, -0.05) is 23.5 Å². The second kappa shape index (κ2) is 17.6. The second-order valence-corrected chi connectivity index (χ2v) is 15.6. The third-order valence-electron chi connectivity index (χ3n) is 8.34. The van der Waals surface area contributed by atoms with Gasteiger partial charge < -0.3 is 10.2 Å². The zero-order valence-corrected chi connectivity index (χ0v) is 31.8. The lowest BCUT2D eigenvalue weighted by Crippen LogP contribution is -2.76. The molecule has 0 radical (unpaired) electrons. The van der Waals surface area contributed by atoms with Crippen molar-refractivity contribution in [3.63, 3.8) is 0 Å². The fraction of sp³-hybridized carbons (Fsp3) is 1.00. The average molecular weight is 1190 g/mol. The van der Waals surface area contributed by atoms with Crippen LogP contribution in [-0.4, -0.2) is 152 Å². The van der Waals surface area contributed by atoms with Gasteiger partial charge in [0.1, 0.15) is 0 Å². The van der Waals surface area contributed by atoms with E-state index in [9.17, 15) is 184 Å². The van der Waals surface area contributed by atoms with Crippen molar-refractivity contribution in [2.75, 3.05) is 13.2 Å².